The molecule has 2 aromatic carbocycles. The van der Waals surface area contributed by atoms with E-state index in [4.69, 9.17) is 15.0 Å². The van der Waals surface area contributed by atoms with Crippen molar-refractivity contribution in [2.75, 3.05) is 6.61 Å². The van der Waals surface area contributed by atoms with Crippen LogP contribution in [0.4, 0.5) is 0 Å². The van der Waals surface area contributed by atoms with E-state index in [0.717, 1.165) is 32.6 Å². The fourth-order valence-electron chi connectivity index (χ4n) is 3.07. The molecule has 8 nitrogen and oxygen atoms in total. The van der Waals surface area contributed by atoms with Crippen LogP contribution in [0.25, 0.3) is 22.8 Å². The van der Waals surface area contributed by atoms with Gasteiger partial charge in [0.2, 0.25) is 5.82 Å². The summed E-state index contributed by atoms with van der Waals surface area (Å²) >= 11 is 3.56. The van der Waals surface area contributed by atoms with E-state index in [-0.39, 0.29) is 6.61 Å². The minimum absolute atomic E-state index is 0.168. The number of benzene rings is 2. The van der Waals surface area contributed by atoms with Gasteiger partial charge in [-0.15, -0.1) is 0 Å². The summed E-state index contributed by atoms with van der Waals surface area (Å²) in [7, 11) is 0. The van der Waals surface area contributed by atoms with Gasteiger partial charge in [0.1, 0.15) is 5.75 Å². The second-order valence-electron chi connectivity index (χ2n) is 7.04. The molecule has 158 valence electrons. The Kier molecular flexibility index (Phi) is 5.85. The van der Waals surface area contributed by atoms with Gasteiger partial charge in [0.15, 0.2) is 6.61 Å². The minimum Gasteiger partial charge on any atom is -0.484 e. The molecule has 2 N–H and O–H groups in total. The number of ether oxygens (including phenoxy) is 1. The predicted molar refractivity (Wildman–Crippen MR) is 118 cm³/mol. The van der Waals surface area contributed by atoms with E-state index in [2.05, 4.69) is 31.2 Å². The van der Waals surface area contributed by atoms with Gasteiger partial charge in [-0.05, 0) is 71.7 Å². The number of nitrogens with two attached hydrogens (primary N) is 1. The van der Waals surface area contributed by atoms with Crippen LogP contribution in [0.2, 0.25) is 0 Å². The summed E-state index contributed by atoms with van der Waals surface area (Å²) in [5.41, 5.74) is 9.86. The summed E-state index contributed by atoms with van der Waals surface area (Å²) in [4.78, 5) is 15.3. The Morgan fingerprint density at radius 2 is 1.77 bits per heavy atom. The van der Waals surface area contributed by atoms with Crippen molar-refractivity contribution >= 4 is 21.8 Å². The standard InChI is InChI=1S/C22H20BrN5O3/c1-13-20(23)14(2)28(26-13)11-15-3-5-17(6-4-15)22-25-21(27-31-22)16-7-9-18(10-8-16)30-12-19(24)29/h3-10H,11-12H2,1-2H3,(H2,24,29). The van der Waals surface area contributed by atoms with Gasteiger partial charge >= 0.3 is 0 Å². The number of amides is 1. The number of carbonyl (C=O) groups excluding carboxylic acids is 1. The molecular weight excluding hydrogens is 462 g/mol. The Labute approximate surface area is 187 Å². The zero-order chi connectivity index (χ0) is 22.0. The van der Waals surface area contributed by atoms with Crippen LogP contribution in [0.15, 0.2) is 57.5 Å². The van der Waals surface area contributed by atoms with Crippen molar-refractivity contribution in [2.24, 2.45) is 5.73 Å². The number of aromatic nitrogens is 4. The SMILES string of the molecule is Cc1nn(Cc2ccc(-c3nc(-c4ccc(OCC(N)=O)cc4)no3)cc2)c(C)c1Br. The number of aryl methyl sites for hydroxylation is 1. The average Bonchev–Trinajstić information content (AvgIpc) is 3.35. The molecule has 2 aromatic heterocycles. The third-order valence-electron chi connectivity index (χ3n) is 4.75. The van der Waals surface area contributed by atoms with Crippen molar-refractivity contribution in [3.8, 4) is 28.6 Å². The first-order chi connectivity index (χ1) is 14.9. The molecule has 0 saturated heterocycles. The predicted octanol–water partition coefficient (Wildman–Crippen LogP) is 3.89. The highest BCUT2D eigenvalue weighted by Crippen LogP contribution is 2.25. The van der Waals surface area contributed by atoms with E-state index in [0.29, 0.717) is 24.0 Å². The second kappa shape index (κ2) is 8.73. The number of hydrogen-bond donors (Lipinski definition) is 1. The molecule has 0 atom stereocenters. The maximum Gasteiger partial charge on any atom is 0.258 e. The number of carbonyl (C=O) groups is 1. The molecule has 0 unspecified atom stereocenters. The van der Waals surface area contributed by atoms with E-state index >= 15 is 0 Å². The lowest BCUT2D eigenvalue weighted by Crippen LogP contribution is -2.19. The summed E-state index contributed by atoms with van der Waals surface area (Å²) in [5.74, 6) is 0.912. The van der Waals surface area contributed by atoms with E-state index < -0.39 is 5.91 Å². The molecule has 0 aliphatic heterocycles. The van der Waals surface area contributed by atoms with Gasteiger partial charge in [-0.25, -0.2) is 0 Å². The first-order valence-electron chi connectivity index (χ1n) is 9.55. The highest BCUT2D eigenvalue weighted by molar-refractivity contribution is 9.10. The monoisotopic (exact) mass is 481 g/mol. The van der Waals surface area contributed by atoms with Crippen LogP contribution in [0.5, 0.6) is 5.75 Å². The van der Waals surface area contributed by atoms with Crippen molar-refractivity contribution in [3.63, 3.8) is 0 Å². The second-order valence-corrected chi connectivity index (χ2v) is 7.83. The Hall–Kier alpha value is -3.46. The van der Waals surface area contributed by atoms with Gasteiger partial charge in [-0.2, -0.15) is 10.1 Å². The zero-order valence-electron chi connectivity index (χ0n) is 17.0. The van der Waals surface area contributed by atoms with E-state index in [1.807, 2.05) is 42.8 Å². The maximum absolute atomic E-state index is 10.8. The lowest BCUT2D eigenvalue weighted by molar-refractivity contribution is -0.119. The molecule has 4 aromatic rings. The lowest BCUT2D eigenvalue weighted by Gasteiger charge is -2.05. The molecule has 0 radical (unpaired) electrons. The van der Waals surface area contributed by atoms with Crippen molar-refractivity contribution in [3.05, 3.63) is 70.0 Å². The largest absolute Gasteiger partial charge is 0.484 e. The molecule has 1 amide bonds. The number of hydrogen-bond acceptors (Lipinski definition) is 6. The van der Waals surface area contributed by atoms with E-state index in [9.17, 15) is 4.79 Å². The number of halogens is 1. The number of rotatable bonds is 7. The Morgan fingerprint density at radius 3 is 2.39 bits per heavy atom. The highest BCUT2D eigenvalue weighted by atomic mass is 79.9. The highest BCUT2D eigenvalue weighted by Gasteiger charge is 2.12. The Bertz CT molecular complexity index is 1210. The summed E-state index contributed by atoms with van der Waals surface area (Å²) in [5, 5.41) is 8.61. The van der Waals surface area contributed by atoms with Gasteiger partial charge in [0.05, 0.1) is 22.4 Å². The van der Waals surface area contributed by atoms with Crippen molar-refractivity contribution in [1.82, 2.24) is 19.9 Å². The zero-order valence-corrected chi connectivity index (χ0v) is 18.6. The Balaban J connectivity index is 1.46. The lowest BCUT2D eigenvalue weighted by atomic mass is 10.1. The third kappa shape index (κ3) is 4.66. The molecule has 0 spiro atoms. The van der Waals surface area contributed by atoms with Crippen molar-refractivity contribution in [1.29, 1.82) is 0 Å². The molecule has 31 heavy (non-hydrogen) atoms. The summed E-state index contributed by atoms with van der Waals surface area (Å²) < 4.78 is 13.7. The van der Waals surface area contributed by atoms with Crippen LogP contribution in [0.3, 0.4) is 0 Å². The van der Waals surface area contributed by atoms with E-state index in [1.54, 1.807) is 24.3 Å². The fraction of sp³-hybridized carbons (Fsp3) is 0.182. The van der Waals surface area contributed by atoms with Crippen LogP contribution >= 0.6 is 15.9 Å². The average molecular weight is 482 g/mol. The third-order valence-corrected chi connectivity index (χ3v) is 5.89. The van der Waals surface area contributed by atoms with Crippen LogP contribution in [-0.2, 0) is 11.3 Å². The van der Waals surface area contributed by atoms with Gasteiger partial charge in [0, 0.05) is 11.1 Å². The summed E-state index contributed by atoms with van der Waals surface area (Å²) in [6.45, 7) is 4.52. The van der Waals surface area contributed by atoms with Crippen molar-refractivity contribution < 1.29 is 14.1 Å². The van der Waals surface area contributed by atoms with Crippen LogP contribution in [0.1, 0.15) is 17.0 Å². The topological polar surface area (TPSA) is 109 Å². The Morgan fingerprint density at radius 1 is 1.10 bits per heavy atom. The fourth-order valence-corrected chi connectivity index (χ4v) is 3.35. The summed E-state index contributed by atoms with van der Waals surface area (Å²) in [6.07, 6.45) is 0. The van der Waals surface area contributed by atoms with Crippen LogP contribution in [-0.4, -0.2) is 32.4 Å². The van der Waals surface area contributed by atoms with Gasteiger partial charge in [0.25, 0.3) is 11.8 Å². The number of nitrogens with zero attached hydrogens (tertiary/aromatic N) is 4. The molecule has 4 rings (SSSR count). The molecule has 9 heteroatoms. The minimum atomic E-state index is -0.527. The first-order valence-corrected chi connectivity index (χ1v) is 10.3. The summed E-state index contributed by atoms with van der Waals surface area (Å²) in [6, 6.07) is 15.0. The number of primary amides is 1. The molecule has 0 fully saturated rings. The first kappa shape index (κ1) is 20.8. The molecule has 0 aliphatic carbocycles. The van der Waals surface area contributed by atoms with Crippen LogP contribution in [0, 0.1) is 13.8 Å². The molecular formula is C22H20BrN5O3. The van der Waals surface area contributed by atoms with Gasteiger partial charge < -0.3 is 15.0 Å². The normalized spacial score (nSPS) is 10.9. The van der Waals surface area contributed by atoms with Gasteiger partial charge in [-0.1, -0.05) is 17.3 Å². The molecule has 2 heterocycles. The maximum atomic E-state index is 10.8. The molecule has 0 bridgehead atoms. The van der Waals surface area contributed by atoms with E-state index in [1.165, 1.54) is 0 Å². The quantitative estimate of drug-likeness (QED) is 0.428. The van der Waals surface area contributed by atoms with Gasteiger partial charge in [-0.3, -0.25) is 9.48 Å². The van der Waals surface area contributed by atoms with Crippen molar-refractivity contribution in [2.45, 2.75) is 20.4 Å². The smallest absolute Gasteiger partial charge is 0.258 e. The molecule has 0 aliphatic rings. The van der Waals surface area contributed by atoms with Crippen LogP contribution < -0.4 is 10.5 Å². The molecule has 0 saturated carbocycles.